The van der Waals surface area contributed by atoms with E-state index in [0.717, 1.165) is 31.0 Å². The third-order valence-corrected chi connectivity index (χ3v) is 6.70. The quantitative estimate of drug-likeness (QED) is 0.868. The predicted molar refractivity (Wildman–Crippen MR) is 101 cm³/mol. The maximum Gasteiger partial charge on any atom is 0.257 e. The molecule has 6 nitrogen and oxygen atoms in total. The number of H-pyrrole nitrogens is 1. The van der Waals surface area contributed by atoms with Crippen molar-refractivity contribution in [3.05, 3.63) is 40.4 Å². The Morgan fingerprint density at radius 2 is 2.19 bits per heavy atom. The minimum atomic E-state index is -0.0231. The summed E-state index contributed by atoms with van der Waals surface area (Å²) >= 11 is 6.13. The molecule has 0 radical (unpaired) electrons. The van der Waals surface area contributed by atoms with Gasteiger partial charge in [-0.05, 0) is 49.3 Å². The van der Waals surface area contributed by atoms with Crippen LogP contribution in [0.25, 0.3) is 0 Å². The molecule has 1 N–H and O–H groups in total. The highest BCUT2D eigenvalue weighted by Gasteiger charge is 2.53. The van der Waals surface area contributed by atoms with Gasteiger partial charge in [-0.3, -0.25) is 9.89 Å². The highest BCUT2D eigenvalue weighted by molar-refractivity contribution is 6.31. The van der Waals surface area contributed by atoms with E-state index in [1.54, 1.807) is 25.3 Å². The van der Waals surface area contributed by atoms with Gasteiger partial charge in [0.05, 0.1) is 12.7 Å². The van der Waals surface area contributed by atoms with Gasteiger partial charge in [0, 0.05) is 29.9 Å². The topological polar surface area (TPSA) is 71.1 Å². The van der Waals surface area contributed by atoms with Gasteiger partial charge in [-0.1, -0.05) is 18.0 Å². The van der Waals surface area contributed by atoms with Crippen LogP contribution in [-0.2, 0) is 0 Å². The lowest BCUT2D eigenvalue weighted by Crippen LogP contribution is -2.38. The van der Waals surface area contributed by atoms with E-state index in [4.69, 9.17) is 21.3 Å². The number of carbonyl (C=O) groups is 1. The first-order valence-electron chi connectivity index (χ1n) is 9.65. The first kappa shape index (κ1) is 17.0. The molecule has 2 aliphatic carbocycles. The van der Waals surface area contributed by atoms with E-state index in [1.807, 2.05) is 4.90 Å². The maximum absolute atomic E-state index is 13.2. The summed E-state index contributed by atoms with van der Waals surface area (Å²) < 4.78 is 5.39. The van der Waals surface area contributed by atoms with Crippen molar-refractivity contribution in [3.8, 4) is 5.75 Å². The Kier molecular flexibility index (Phi) is 3.93. The Bertz CT molecular complexity index is 888. The third kappa shape index (κ3) is 2.81. The van der Waals surface area contributed by atoms with Gasteiger partial charge in [0.2, 0.25) is 0 Å². The van der Waals surface area contributed by atoms with Crippen LogP contribution >= 0.6 is 11.6 Å². The second-order valence-corrected chi connectivity index (χ2v) is 8.59. The monoisotopic (exact) mass is 386 g/mol. The van der Waals surface area contributed by atoms with Crippen molar-refractivity contribution in [2.75, 3.05) is 20.2 Å². The van der Waals surface area contributed by atoms with Gasteiger partial charge in [0.25, 0.3) is 5.91 Å². The number of aromatic amines is 1. The minimum absolute atomic E-state index is 0.0231. The van der Waals surface area contributed by atoms with Gasteiger partial charge in [-0.25, -0.2) is 4.98 Å². The van der Waals surface area contributed by atoms with Gasteiger partial charge in [-0.2, -0.15) is 5.10 Å². The van der Waals surface area contributed by atoms with E-state index in [-0.39, 0.29) is 17.2 Å². The van der Waals surface area contributed by atoms with Crippen LogP contribution < -0.4 is 4.74 Å². The molecule has 3 aliphatic rings. The Morgan fingerprint density at radius 1 is 1.37 bits per heavy atom. The standard InChI is InChI=1S/C20H23ClN4O2/c1-27-16-6-5-13(21)9-14(16)19(26)25-10-15(20(11-25)7-2-8-20)18-22-17(23-24-18)12-3-4-12/h5-6,9,12,15H,2-4,7-8,10-11H2,1H3,(H,22,23,24). The van der Waals surface area contributed by atoms with Gasteiger partial charge >= 0.3 is 0 Å². The number of aromatic nitrogens is 3. The Balaban J connectivity index is 1.43. The molecule has 1 aromatic carbocycles. The second-order valence-electron chi connectivity index (χ2n) is 8.15. The number of carbonyl (C=O) groups excluding carboxylic acids is 1. The molecule has 1 spiro atoms. The Labute approximate surface area is 163 Å². The zero-order valence-corrected chi connectivity index (χ0v) is 16.1. The fourth-order valence-corrected chi connectivity index (χ4v) is 4.80. The number of nitrogens with zero attached hydrogens (tertiary/aromatic N) is 3. The van der Waals surface area contributed by atoms with E-state index < -0.39 is 0 Å². The van der Waals surface area contributed by atoms with Crippen molar-refractivity contribution in [3.63, 3.8) is 0 Å². The molecule has 1 saturated heterocycles. The number of halogens is 1. The molecule has 2 aromatic rings. The maximum atomic E-state index is 13.2. The summed E-state index contributed by atoms with van der Waals surface area (Å²) in [5.74, 6) is 3.18. The molecule has 1 aliphatic heterocycles. The third-order valence-electron chi connectivity index (χ3n) is 6.47. The number of methoxy groups -OCH3 is 1. The van der Waals surface area contributed by atoms with Crippen molar-refractivity contribution >= 4 is 17.5 Å². The molecule has 1 amide bonds. The zero-order valence-electron chi connectivity index (χ0n) is 15.4. The summed E-state index contributed by atoms with van der Waals surface area (Å²) in [6.07, 6.45) is 5.85. The van der Waals surface area contributed by atoms with Crippen LogP contribution in [0.15, 0.2) is 18.2 Å². The highest BCUT2D eigenvalue weighted by atomic mass is 35.5. The van der Waals surface area contributed by atoms with Crippen LogP contribution in [-0.4, -0.2) is 46.2 Å². The van der Waals surface area contributed by atoms with Crippen molar-refractivity contribution < 1.29 is 9.53 Å². The molecule has 3 fully saturated rings. The number of ether oxygens (including phenoxy) is 1. The van der Waals surface area contributed by atoms with Crippen molar-refractivity contribution in [1.82, 2.24) is 20.1 Å². The first-order chi connectivity index (χ1) is 13.1. The van der Waals surface area contributed by atoms with Gasteiger partial charge in [-0.15, -0.1) is 0 Å². The number of rotatable bonds is 4. The largest absolute Gasteiger partial charge is 0.496 e. The van der Waals surface area contributed by atoms with E-state index in [0.29, 0.717) is 28.8 Å². The zero-order chi connectivity index (χ0) is 18.6. The molecule has 2 saturated carbocycles. The molecule has 1 aromatic heterocycles. The molecule has 1 atom stereocenters. The average molecular weight is 387 g/mol. The number of hydrogen-bond acceptors (Lipinski definition) is 4. The summed E-state index contributed by atoms with van der Waals surface area (Å²) in [5.41, 5.74) is 0.651. The van der Waals surface area contributed by atoms with Crippen molar-refractivity contribution in [2.24, 2.45) is 5.41 Å². The number of nitrogens with one attached hydrogen (secondary N) is 1. The van der Waals surface area contributed by atoms with E-state index in [1.165, 1.54) is 19.3 Å². The molecule has 2 heterocycles. The van der Waals surface area contributed by atoms with Gasteiger partial charge < -0.3 is 9.64 Å². The van der Waals surface area contributed by atoms with E-state index >= 15 is 0 Å². The Hall–Kier alpha value is -2.08. The average Bonchev–Trinajstić information content (AvgIpc) is 3.23. The summed E-state index contributed by atoms with van der Waals surface area (Å²) in [6.45, 7) is 1.42. The summed E-state index contributed by atoms with van der Waals surface area (Å²) in [7, 11) is 1.58. The number of amides is 1. The molecule has 0 bridgehead atoms. The van der Waals surface area contributed by atoms with Crippen LogP contribution in [0.1, 0.15) is 65.9 Å². The lowest BCUT2D eigenvalue weighted by molar-refractivity contribution is 0.0721. The number of likely N-dealkylation sites (tertiary alicyclic amines) is 1. The molecule has 5 rings (SSSR count). The summed E-state index contributed by atoms with van der Waals surface area (Å²) in [4.78, 5) is 20.0. The van der Waals surface area contributed by atoms with Crippen LogP contribution in [0.4, 0.5) is 0 Å². The number of benzene rings is 1. The fraction of sp³-hybridized carbons (Fsp3) is 0.550. The van der Waals surface area contributed by atoms with E-state index in [2.05, 4.69) is 10.2 Å². The normalized spacial score (nSPS) is 23.5. The number of hydrogen-bond donors (Lipinski definition) is 1. The van der Waals surface area contributed by atoms with Gasteiger partial charge in [0.1, 0.15) is 11.6 Å². The van der Waals surface area contributed by atoms with Crippen LogP contribution in [0, 0.1) is 5.41 Å². The molecule has 1 unspecified atom stereocenters. The molecular weight excluding hydrogens is 364 g/mol. The summed E-state index contributed by atoms with van der Waals surface area (Å²) in [6, 6.07) is 5.19. The van der Waals surface area contributed by atoms with Crippen molar-refractivity contribution in [1.29, 1.82) is 0 Å². The van der Waals surface area contributed by atoms with Gasteiger partial charge in [0.15, 0.2) is 5.82 Å². The predicted octanol–water partition coefficient (Wildman–Crippen LogP) is 3.75. The van der Waals surface area contributed by atoms with Crippen LogP contribution in [0.2, 0.25) is 5.02 Å². The SMILES string of the molecule is COc1ccc(Cl)cc1C(=O)N1CC(c2nc(C3CC3)n[nH]2)C2(CCC2)C1. The highest BCUT2D eigenvalue weighted by Crippen LogP contribution is 2.55. The van der Waals surface area contributed by atoms with E-state index in [9.17, 15) is 4.79 Å². The smallest absolute Gasteiger partial charge is 0.257 e. The summed E-state index contributed by atoms with van der Waals surface area (Å²) in [5, 5.41) is 8.15. The fourth-order valence-electron chi connectivity index (χ4n) is 4.62. The molecule has 7 heteroatoms. The molecule has 27 heavy (non-hydrogen) atoms. The lowest BCUT2D eigenvalue weighted by Gasteiger charge is -2.41. The molecular formula is C20H23ClN4O2. The van der Waals surface area contributed by atoms with Crippen molar-refractivity contribution in [2.45, 2.75) is 43.9 Å². The Morgan fingerprint density at radius 3 is 2.85 bits per heavy atom. The second kappa shape index (κ2) is 6.23. The molecule has 142 valence electrons. The minimum Gasteiger partial charge on any atom is -0.496 e. The lowest BCUT2D eigenvalue weighted by atomic mass is 9.62. The van der Waals surface area contributed by atoms with Crippen LogP contribution in [0.3, 0.4) is 0 Å². The first-order valence-corrected chi connectivity index (χ1v) is 10.0. The van der Waals surface area contributed by atoms with Crippen LogP contribution in [0.5, 0.6) is 5.75 Å².